The maximum atomic E-state index is 12.3. The lowest BCUT2D eigenvalue weighted by atomic mass is 10.1. The Hall–Kier alpha value is -1.65. The molecule has 0 N–H and O–H groups in total. The number of rotatable bonds is 4. The van der Waals surface area contributed by atoms with Crippen molar-refractivity contribution in [2.24, 2.45) is 0 Å². The smallest absolute Gasteiger partial charge is 0.266 e. The van der Waals surface area contributed by atoms with E-state index in [1.807, 2.05) is 13.8 Å². The number of alkyl halides is 1. The van der Waals surface area contributed by atoms with Crippen molar-refractivity contribution in [3.05, 3.63) is 63.0 Å². The molecule has 0 bridgehead atoms. The van der Waals surface area contributed by atoms with Gasteiger partial charge in [0, 0.05) is 16.7 Å². The van der Waals surface area contributed by atoms with E-state index in [0.29, 0.717) is 16.3 Å². The summed E-state index contributed by atoms with van der Waals surface area (Å²) in [6, 6.07) is 9.28. The number of Topliss-reactive ketones (excluding diaryl/α,β-unsaturated/α-hetero) is 1. The van der Waals surface area contributed by atoms with Crippen molar-refractivity contribution < 1.29 is 4.79 Å². The van der Waals surface area contributed by atoms with Gasteiger partial charge in [0.15, 0.2) is 5.78 Å². The Morgan fingerprint density at radius 3 is 2.57 bits per heavy atom. The van der Waals surface area contributed by atoms with Crippen LogP contribution in [0.4, 0.5) is 0 Å². The highest BCUT2D eigenvalue weighted by Crippen LogP contribution is 2.24. The van der Waals surface area contributed by atoms with Gasteiger partial charge in [0.25, 0.3) is 5.56 Å². The Kier molecular flexibility index (Phi) is 4.80. The van der Waals surface area contributed by atoms with E-state index in [1.54, 1.807) is 24.3 Å². The molecular formula is C15H14Cl2N2O2. The SMILES string of the molecule is CC(C)n1nc(C(Cl)C(=O)c2cccc(Cl)c2)ccc1=O. The first-order chi connectivity index (χ1) is 9.90. The zero-order valence-electron chi connectivity index (χ0n) is 11.6. The quantitative estimate of drug-likeness (QED) is 0.637. The zero-order valence-corrected chi connectivity index (χ0v) is 13.1. The predicted molar refractivity (Wildman–Crippen MR) is 83.3 cm³/mol. The van der Waals surface area contributed by atoms with Gasteiger partial charge in [-0.15, -0.1) is 11.6 Å². The average Bonchev–Trinajstić information content (AvgIpc) is 2.46. The Bertz CT molecular complexity index is 726. The minimum absolute atomic E-state index is 0.109. The van der Waals surface area contributed by atoms with Crippen molar-refractivity contribution in [1.29, 1.82) is 0 Å². The highest BCUT2D eigenvalue weighted by Gasteiger charge is 2.22. The Morgan fingerprint density at radius 2 is 1.95 bits per heavy atom. The normalized spacial score (nSPS) is 12.4. The molecule has 1 atom stereocenters. The summed E-state index contributed by atoms with van der Waals surface area (Å²) in [5, 5.41) is 3.66. The molecule has 1 aromatic carbocycles. The van der Waals surface area contributed by atoms with Gasteiger partial charge in [0.05, 0.1) is 11.7 Å². The van der Waals surface area contributed by atoms with Gasteiger partial charge in [-0.3, -0.25) is 9.59 Å². The monoisotopic (exact) mass is 324 g/mol. The van der Waals surface area contributed by atoms with E-state index >= 15 is 0 Å². The number of carbonyl (C=O) groups excluding carboxylic acids is 1. The highest BCUT2D eigenvalue weighted by atomic mass is 35.5. The average molecular weight is 325 g/mol. The van der Waals surface area contributed by atoms with Crippen LogP contribution in [0.1, 0.15) is 41.3 Å². The summed E-state index contributed by atoms with van der Waals surface area (Å²) < 4.78 is 1.30. The molecule has 0 saturated heterocycles. The number of hydrogen-bond acceptors (Lipinski definition) is 3. The summed E-state index contributed by atoms with van der Waals surface area (Å²) >= 11 is 12.1. The fraction of sp³-hybridized carbons (Fsp3) is 0.267. The van der Waals surface area contributed by atoms with Crippen LogP contribution in [0, 0.1) is 0 Å². The fourth-order valence-electron chi connectivity index (χ4n) is 1.87. The Labute approximate surface area is 132 Å². The van der Waals surface area contributed by atoms with E-state index in [1.165, 1.54) is 16.8 Å². The molecule has 0 radical (unpaired) electrons. The second-order valence-corrected chi connectivity index (χ2v) is 5.74. The lowest BCUT2D eigenvalue weighted by molar-refractivity contribution is 0.0985. The highest BCUT2D eigenvalue weighted by molar-refractivity contribution is 6.34. The number of ketones is 1. The van der Waals surface area contributed by atoms with Gasteiger partial charge in [0.2, 0.25) is 0 Å². The van der Waals surface area contributed by atoms with Crippen molar-refractivity contribution in [2.75, 3.05) is 0 Å². The predicted octanol–water partition coefficient (Wildman–Crippen LogP) is 3.64. The van der Waals surface area contributed by atoms with Crippen LogP contribution in [0.3, 0.4) is 0 Å². The summed E-state index contributed by atoms with van der Waals surface area (Å²) in [6.45, 7) is 3.67. The molecule has 0 fully saturated rings. The lowest BCUT2D eigenvalue weighted by Crippen LogP contribution is -2.26. The molecule has 4 nitrogen and oxygen atoms in total. The summed E-state index contributed by atoms with van der Waals surface area (Å²) in [5.74, 6) is -0.305. The zero-order chi connectivity index (χ0) is 15.6. The molecule has 110 valence electrons. The van der Waals surface area contributed by atoms with Crippen LogP contribution in [-0.2, 0) is 0 Å². The Balaban J connectivity index is 2.36. The van der Waals surface area contributed by atoms with Crippen molar-refractivity contribution in [1.82, 2.24) is 9.78 Å². The first-order valence-electron chi connectivity index (χ1n) is 6.43. The molecule has 0 aliphatic heterocycles. The minimum Gasteiger partial charge on any atom is -0.292 e. The molecule has 1 heterocycles. The van der Waals surface area contributed by atoms with Gasteiger partial charge in [-0.1, -0.05) is 23.7 Å². The first kappa shape index (κ1) is 15.7. The third kappa shape index (κ3) is 3.52. The minimum atomic E-state index is -0.964. The van der Waals surface area contributed by atoms with Crippen molar-refractivity contribution in [2.45, 2.75) is 25.3 Å². The van der Waals surface area contributed by atoms with Gasteiger partial charge >= 0.3 is 0 Å². The maximum Gasteiger partial charge on any atom is 0.266 e. The van der Waals surface area contributed by atoms with E-state index in [0.717, 1.165) is 0 Å². The summed E-state index contributed by atoms with van der Waals surface area (Å²) in [6.07, 6.45) is 0. The van der Waals surface area contributed by atoms with Gasteiger partial charge in [-0.25, -0.2) is 4.68 Å². The molecule has 21 heavy (non-hydrogen) atoms. The molecule has 0 aliphatic rings. The van der Waals surface area contributed by atoms with Crippen molar-refractivity contribution in [3.8, 4) is 0 Å². The summed E-state index contributed by atoms with van der Waals surface area (Å²) in [4.78, 5) is 24.0. The lowest BCUT2D eigenvalue weighted by Gasteiger charge is -2.13. The summed E-state index contributed by atoms with van der Waals surface area (Å²) in [5.41, 5.74) is 0.523. The van der Waals surface area contributed by atoms with Crippen LogP contribution in [0.5, 0.6) is 0 Å². The number of hydrogen-bond donors (Lipinski definition) is 0. The van der Waals surface area contributed by atoms with Gasteiger partial charge in [-0.05, 0) is 32.0 Å². The largest absolute Gasteiger partial charge is 0.292 e. The van der Waals surface area contributed by atoms with Crippen LogP contribution in [-0.4, -0.2) is 15.6 Å². The number of halogens is 2. The van der Waals surface area contributed by atoms with Gasteiger partial charge in [-0.2, -0.15) is 5.10 Å². The van der Waals surface area contributed by atoms with Gasteiger partial charge < -0.3 is 0 Å². The van der Waals surface area contributed by atoms with Crippen LogP contribution >= 0.6 is 23.2 Å². The van der Waals surface area contributed by atoms with Gasteiger partial charge in [0.1, 0.15) is 5.38 Å². The second kappa shape index (κ2) is 6.41. The van der Waals surface area contributed by atoms with E-state index in [-0.39, 0.29) is 17.4 Å². The van der Waals surface area contributed by atoms with Crippen LogP contribution in [0.2, 0.25) is 5.02 Å². The van der Waals surface area contributed by atoms with Crippen molar-refractivity contribution in [3.63, 3.8) is 0 Å². The molecule has 0 saturated carbocycles. The topological polar surface area (TPSA) is 52.0 Å². The molecule has 1 aromatic heterocycles. The molecule has 6 heteroatoms. The van der Waals surface area contributed by atoms with Crippen molar-refractivity contribution >= 4 is 29.0 Å². The second-order valence-electron chi connectivity index (χ2n) is 4.87. The number of aromatic nitrogens is 2. The number of benzene rings is 1. The van der Waals surface area contributed by atoms with E-state index in [4.69, 9.17) is 23.2 Å². The summed E-state index contributed by atoms with van der Waals surface area (Å²) in [7, 11) is 0. The molecule has 0 spiro atoms. The molecule has 0 amide bonds. The van der Waals surface area contributed by atoms with Crippen LogP contribution in [0.25, 0.3) is 0 Å². The third-order valence-corrected chi connectivity index (χ3v) is 3.59. The molecule has 2 rings (SSSR count). The molecular weight excluding hydrogens is 311 g/mol. The Morgan fingerprint density at radius 1 is 1.24 bits per heavy atom. The maximum absolute atomic E-state index is 12.3. The fourth-order valence-corrected chi connectivity index (χ4v) is 2.30. The molecule has 1 unspecified atom stereocenters. The first-order valence-corrected chi connectivity index (χ1v) is 7.25. The van der Waals surface area contributed by atoms with Crippen LogP contribution < -0.4 is 5.56 Å². The molecule has 0 aliphatic carbocycles. The number of nitrogens with zero attached hydrogens (tertiary/aromatic N) is 2. The van der Waals surface area contributed by atoms with E-state index in [9.17, 15) is 9.59 Å². The molecule has 2 aromatic rings. The standard InChI is InChI=1S/C15H14Cl2N2O2/c1-9(2)19-13(20)7-6-12(18-19)14(17)15(21)10-4-3-5-11(16)8-10/h3-9,14H,1-2H3. The van der Waals surface area contributed by atoms with E-state index < -0.39 is 5.38 Å². The third-order valence-electron chi connectivity index (χ3n) is 2.93. The van der Waals surface area contributed by atoms with E-state index in [2.05, 4.69) is 5.10 Å². The number of carbonyl (C=O) groups is 1. The van der Waals surface area contributed by atoms with Crippen LogP contribution in [0.15, 0.2) is 41.2 Å².